The minimum atomic E-state index is 0.563. The molecule has 0 saturated carbocycles. The molecule has 0 fully saturated rings. The Morgan fingerprint density at radius 2 is 1.56 bits per heavy atom. The Morgan fingerprint density at radius 1 is 0.812 bits per heavy atom. The van der Waals surface area contributed by atoms with Crippen LogP contribution >= 0.6 is 0 Å². The van der Waals surface area contributed by atoms with Crippen LogP contribution in [0.3, 0.4) is 0 Å². The Labute approximate surface area is 193 Å². The number of fused-ring (bicyclic) bond motifs is 1. The smallest absolute Gasteiger partial charge is 0.220 e. The van der Waals surface area contributed by atoms with Crippen molar-refractivity contribution in [2.45, 2.75) is 47.5 Å². The highest BCUT2D eigenvalue weighted by Crippen LogP contribution is 2.36. The molecule has 0 aliphatic carbocycles. The van der Waals surface area contributed by atoms with Crippen molar-refractivity contribution in [3.63, 3.8) is 0 Å². The molecular weight excluding hydrogens is 388 g/mol. The number of pyridine rings is 2. The molecule has 0 unspecified atom stereocenters. The second-order valence-corrected chi connectivity index (χ2v) is 9.83. The Morgan fingerprint density at radius 3 is 2.22 bits per heavy atom. The molecule has 32 heavy (non-hydrogen) atoms. The van der Waals surface area contributed by atoms with Crippen molar-refractivity contribution in [2.75, 3.05) is 0 Å². The zero-order chi connectivity index (χ0) is 23.0. The first kappa shape index (κ1) is 22.2. The third-order valence-corrected chi connectivity index (χ3v) is 6.87. The molecule has 2 heteroatoms. The lowest BCUT2D eigenvalue weighted by atomic mass is 9.79. The quantitative estimate of drug-likeness (QED) is 0.305. The molecule has 0 saturated heterocycles. The number of hydrogen-bond donors (Lipinski definition) is 0. The van der Waals surface area contributed by atoms with Gasteiger partial charge in [-0.15, -0.1) is 0 Å². The largest absolute Gasteiger partial charge is 0.264 e. The van der Waals surface area contributed by atoms with E-state index >= 15 is 0 Å². The van der Waals surface area contributed by atoms with Crippen molar-refractivity contribution < 1.29 is 4.57 Å². The van der Waals surface area contributed by atoms with E-state index in [1.807, 2.05) is 18.5 Å². The molecule has 0 atom stereocenters. The Kier molecular flexibility index (Phi) is 6.15. The number of hydrogen-bond acceptors (Lipinski definition) is 1. The van der Waals surface area contributed by atoms with E-state index in [4.69, 9.17) is 0 Å². The van der Waals surface area contributed by atoms with Crippen LogP contribution in [0.15, 0.2) is 67.0 Å². The average molecular weight is 424 g/mol. The Bertz CT molecular complexity index is 1250. The van der Waals surface area contributed by atoms with Gasteiger partial charge in [0, 0.05) is 30.9 Å². The first-order chi connectivity index (χ1) is 15.3. The lowest BCUT2D eigenvalue weighted by Crippen LogP contribution is -2.35. The normalized spacial score (nSPS) is 11.8. The highest BCUT2D eigenvalue weighted by molar-refractivity contribution is 5.95. The van der Waals surface area contributed by atoms with Crippen molar-refractivity contribution in [3.05, 3.63) is 83.8 Å². The fourth-order valence-electron chi connectivity index (χ4n) is 5.26. The van der Waals surface area contributed by atoms with Gasteiger partial charge in [0.15, 0.2) is 5.69 Å². The van der Waals surface area contributed by atoms with Crippen LogP contribution in [-0.4, -0.2) is 4.98 Å². The molecule has 0 N–H and O–H groups in total. The van der Waals surface area contributed by atoms with E-state index in [9.17, 15) is 0 Å². The topological polar surface area (TPSA) is 16.8 Å². The predicted octanol–water partition coefficient (Wildman–Crippen LogP) is 7.41. The number of rotatable bonds is 5. The van der Waals surface area contributed by atoms with E-state index in [0.717, 1.165) is 5.56 Å². The second-order valence-electron chi connectivity index (χ2n) is 9.83. The zero-order valence-electron chi connectivity index (χ0n) is 20.5. The molecule has 0 spiro atoms. The minimum Gasteiger partial charge on any atom is -0.264 e. The first-order valence-electron chi connectivity index (χ1n) is 11.7. The van der Waals surface area contributed by atoms with E-state index in [0.29, 0.717) is 17.8 Å². The summed E-state index contributed by atoms with van der Waals surface area (Å²) < 4.78 is 2.33. The van der Waals surface area contributed by atoms with E-state index < -0.39 is 0 Å². The first-order valence-corrected chi connectivity index (χ1v) is 11.7. The third-order valence-electron chi connectivity index (χ3n) is 6.87. The highest BCUT2D eigenvalue weighted by Gasteiger charge is 2.24. The van der Waals surface area contributed by atoms with E-state index in [-0.39, 0.29) is 0 Å². The van der Waals surface area contributed by atoms with E-state index in [1.54, 1.807) is 0 Å². The summed E-state index contributed by atoms with van der Waals surface area (Å²) in [6.07, 6.45) is 3.76. The van der Waals surface area contributed by atoms with Crippen molar-refractivity contribution >= 4 is 10.8 Å². The van der Waals surface area contributed by atoms with E-state index in [1.165, 1.54) is 44.4 Å². The summed E-state index contributed by atoms with van der Waals surface area (Å²) >= 11 is 0. The van der Waals surface area contributed by atoms with Gasteiger partial charge in [0.05, 0.1) is 10.9 Å². The molecule has 0 aliphatic rings. The monoisotopic (exact) mass is 423 g/mol. The molecule has 4 rings (SSSR count). The van der Waals surface area contributed by atoms with Gasteiger partial charge in [-0.2, -0.15) is 4.57 Å². The summed E-state index contributed by atoms with van der Waals surface area (Å²) in [5, 5.41) is 2.63. The number of aryl methyl sites for hydroxylation is 2. The van der Waals surface area contributed by atoms with Gasteiger partial charge >= 0.3 is 0 Å². The van der Waals surface area contributed by atoms with Crippen LogP contribution in [0, 0.1) is 25.7 Å². The van der Waals surface area contributed by atoms with Crippen LogP contribution in [-0.2, 0) is 7.05 Å². The summed E-state index contributed by atoms with van der Waals surface area (Å²) in [4.78, 5) is 4.32. The maximum absolute atomic E-state index is 4.32. The minimum absolute atomic E-state index is 0.563. The lowest BCUT2D eigenvalue weighted by molar-refractivity contribution is -0.665. The molecule has 2 aromatic heterocycles. The van der Waals surface area contributed by atoms with Gasteiger partial charge in [0.2, 0.25) is 5.69 Å². The fourth-order valence-corrected chi connectivity index (χ4v) is 5.26. The SMILES string of the molecule is Cc1ccc(-c2cccnc2)cc1-c1c2ccc(C(C(C)C)C(C)C)cc2cc(C)[n+]1C. The highest BCUT2D eigenvalue weighted by atomic mass is 14.9. The summed E-state index contributed by atoms with van der Waals surface area (Å²) in [7, 11) is 2.18. The fraction of sp³-hybridized carbons (Fsp3) is 0.333. The molecular formula is C30H35N2+. The van der Waals surface area contributed by atoms with Gasteiger partial charge in [0.25, 0.3) is 0 Å². The molecule has 0 amide bonds. The molecule has 2 nitrogen and oxygen atoms in total. The van der Waals surface area contributed by atoms with Gasteiger partial charge in [-0.25, -0.2) is 0 Å². The standard InChI is InChI=1S/C30H35N2/c1-19(2)29(20(3)4)24-12-13-27-26(16-24)15-22(6)32(7)30(27)28-17-23(11-10-21(28)5)25-9-8-14-31-18-25/h8-20,29H,1-7H3/q+1. The maximum Gasteiger partial charge on any atom is 0.220 e. The van der Waals surface area contributed by atoms with Gasteiger partial charge in [-0.3, -0.25) is 4.98 Å². The number of aromatic nitrogens is 2. The molecule has 164 valence electrons. The number of nitrogens with zero attached hydrogens (tertiary/aromatic N) is 2. The Balaban J connectivity index is 1.94. The second kappa shape index (κ2) is 8.86. The Hall–Kier alpha value is -3.00. The number of benzene rings is 2. The van der Waals surface area contributed by atoms with Crippen LogP contribution in [0.4, 0.5) is 0 Å². The predicted molar refractivity (Wildman–Crippen MR) is 136 cm³/mol. The van der Waals surface area contributed by atoms with Gasteiger partial charge in [-0.05, 0) is 65.0 Å². The van der Waals surface area contributed by atoms with Crippen LogP contribution in [0.25, 0.3) is 33.2 Å². The lowest BCUT2D eigenvalue weighted by Gasteiger charge is -2.25. The summed E-state index contributed by atoms with van der Waals surface area (Å²) in [6.45, 7) is 13.8. The molecule has 2 heterocycles. The summed E-state index contributed by atoms with van der Waals surface area (Å²) in [5.41, 5.74) is 8.90. The van der Waals surface area contributed by atoms with Crippen molar-refractivity contribution in [1.29, 1.82) is 0 Å². The van der Waals surface area contributed by atoms with Crippen molar-refractivity contribution in [1.82, 2.24) is 4.98 Å². The van der Waals surface area contributed by atoms with Crippen molar-refractivity contribution in [3.8, 4) is 22.4 Å². The molecule has 0 aliphatic heterocycles. The van der Waals surface area contributed by atoms with Gasteiger partial charge in [-0.1, -0.05) is 58.0 Å². The molecule has 0 bridgehead atoms. The van der Waals surface area contributed by atoms with Crippen LogP contribution < -0.4 is 4.57 Å². The van der Waals surface area contributed by atoms with Gasteiger partial charge < -0.3 is 0 Å². The molecule has 4 aromatic rings. The molecule has 2 aromatic carbocycles. The van der Waals surface area contributed by atoms with Crippen molar-refractivity contribution in [2.24, 2.45) is 18.9 Å². The van der Waals surface area contributed by atoms with Gasteiger partial charge in [0.1, 0.15) is 7.05 Å². The zero-order valence-corrected chi connectivity index (χ0v) is 20.5. The molecule has 0 radical (unpaired) electrons. The van der Waals surface area contributed by atoms with E-state index in [2.05, 4.69) is 107 Å². The van der Waals surface area contributed by atoms with Crippen LogP contribution in [0.5, 0.6) is 0 Å². The van der Waals surface area contributed by atoms with Crippen LogP contribution in [0.2, 0.25) is 0 Å². The third kappa shape index (κ3) is 4.07. The maximum atomic E-state index is 4.32. The summed E-state index contributed by atoms with van der Waals surface area (Å²) in [6, 6.07) is 20.3. The van der Waals surface area contributed by atoms with Crippen LogP contribution in [0.1, 0.15) is 50.4 Å². The average Bonchev–Trinajstić information content (AvgIpc) is 2.76. The summed E-state index contributed by atoms with van der Waals surface area (Å²) in [5.74, 6) is 1.80.